The number of benzene rings is 2. The molecule has 0 fully saturated rings. The number of hydrogen-bond donors (Lipinski definition) is 4. The number of carbonyl (C=O) groups is 1. The first-order chi connectivity index (χ1) is 15.2. The minimum atomic E-state index is -4.36. The fourth-order valence-electron chi connectivity index (χ4n) is 2.96. The van der Waals surface area contributed by atoms with Crippen LogP contribution in [0.15, 0.2) is 59.4 Å². The van der Waals surface area contributed by atoms with Gasteiger partial charge in [0, 0.05) is 10.6 Å². The lowest BCUT2D eigenvalue weighted by Gasteiger charge is -2.10. The lowest BCUT2D eigenvalue weighted by molar-refractivity contribution is 0.0980. The molecular weight excluding hydrogens is 479 g/mol. The number of halogens is 2. The van der Waals surface area contributed by atoms with Crippen LogP contribution in [0.1, 0.15) is 10.4 Å². The molecule has 0 saturated carbocycles. The Morgan fingerprint density at radius 2 is 1.72 bits per heavy atom. The number of H-pyrrole nitrogens is 1. The molecule has 0 radical (unpaired) electrons. The Hall–Kier alpha value is -3.54. The van der Waals surface area contributed by atoms with E-state index in [2.05, 4.69) is 14.7 Å². The fraction of sp³-hybridized carbons (Fsp3) is 0. The molecule has 1 amide bonds. The third kappa shape index (κ3) is 4.13. The normalized spacial score (nSPS) is 11.4. The number of amides is 1. The Morgan fingerprint density at radius 3 is 2.38 bits per heavy atom. The van der Waals surface area contributed by atoms with E-state index in [-0.39, 0.29) is 16.6 Å². The summed E-state index contributed by atoms with van der Waals surface area (Å²) in [6.45, 7) is 0. The Morgan fingerprint density at radius 1 is 1.06 bits per heavy atom. The Kier molecular flexibility index (Phi) is 5.55. The SMILES string of the molecule is Nc1nc2[nH]c(-c3ccc(Cl)cc3)c(Cl)n2c(=O)c1C(=O)NS(=O)(=O)Nc1ccccc1. The molecule has 2 heterocycles. The smallest absolute Gasteiger partial charge is 0.323 e. The van der Waals surface area contributed by atoms with Crippen LogP contribution < -0.4 is 20.7 Å². The van der Waals surface area contributed by atoms with E-state index in [1.54, 1.807) is 47.2 Å². The molecule has 0 saturated heterocycles. The predicted octanol–water partition coefficient (Wildman–Crippen LogP) is 2.67. The highest BCUT2D eigenvalue weighted by Gasteiger charge is 2.25. The highest BCUT2D eigenvalue weighted by Crippen LogP contribution is 2.28. The predicted molar refractivity (Wildman–Crippen MR) is 122 cm³/mol. The molecule has 2 aromatic heterocycles. The van der Waals surface area contributed by atoms with Gasteiger partial charge in [0.2, 0.25) is 5.78 Å². The monoisotopic (exact) mass is 492 g/mol. The van der Waals surface area contributed by atoms with Crippen molar-refractivity contribution in [1.29, 1.82) is 0 Å². The van der Waals surface area contributed by atoms with E-state index in [9.17, 15) is 18.0 Å². The van der Waals surface area contributed by atoms with Gasteiger partial charge in [-0.15, -0.1) is 0 Å². The molecule has 0 spiro atoms. The Balaban J connectivity index is 1.73. The zero-order valence-corrected chi connectivity index (χ0v) is 18.3. The van der Waals surface area contributed by atoms with Gasteiger partial charge in [-0.2, -0.15) is 13.4 Å². The molecule has 164 valence electrons. The molecule has 0 atom stereocenters. The Labute approximate surface area is 191 Å². The second-order valence-electron chi connectivity index (χ2n) is 6.54. The topological polar surface area (TPSA) is 151 Å². The van der Waals surface area contributed by atoms with Gasteiger partial charge in [-0.1, -0.05) is 53.5 Å². The summed E-state index contributed by atoms with van der Waals surface area (Å²) in [7, 11) is -4.36. The van der Waals surface area contributed by atoms with Crippen molar-refractivity contribution in [3.05, 3.63) is 80.7 Å². The molecule has 10 nitrogen and oxygen atoms in total. The quantitative estimate of drug-likeness (QED) is 0.336. The lowest BCUT2D eigenvalue weighted by Crippen LogP contribution is -2.39. The summed E-state index contributed by atoms with van der Waals surface area (Å²) in [5, 5.41) is 0.434. The summed E-state index contributed by atoms with van der Waals surface area (Å²) < 4.78 is 29.4. The van der Waals surface area contributed by atoms with E-state index in [0.717, 1.165) is 4.40 Å². The van der Waals surface area contributed by atoms with Crippen LogP contribution in [-0.4, -0.2) is 28.7 Å². The fourth-order valence-corrected chi connectivity index (χ4v) is 4.24. The summed E-state index contributed by atoms with van der Waals surface area (Å²) in [6, 6.07) is 14.5. The maximum Gasteiger partial charge on any atom is 0.323 e. The first kappa shape index (κ1) is 21.7. The van der Waals surface area contributed by atoms with Crippen LogP contribution in [0.2, 0.25) is 10.2 Å². The molecule has 0 bridgehead atoms. The molecule has 0 unspecified atom stereocenters. The van der Waals surface area contributed by atoms with E-state index in [1.807, 2.05) is 0 Å². The molecule has 32 heavy (non-hydrogen) atoms. The average molecular weight is 493 g/mol. The van der Waals surface area contributed by atoms with Gasteiger partial charge in [-0.3, -0.25) is 14.3 Å². The van der Waals surface area contributed by atoms with E-state index < -0.39 is 33.1 Å². The summed E-state index contributed by atoms with van der Waals surface area (Å²) in [4.78, 5) is 32.5. The number of hydrogen-bond acceptors (Lipinski definition) is 6. The number of para-hydroxylation sites is 1. The molecule has 4 aromatic rings. The zero-order chi connectivity index (χ0) is 23.0. The van der Waals surface area contributed by atoms with E-state index in [4.69, 9.17) is 28.9 Å². The molecule has 13 heteroatoms. The number of nitrogens with one attached hydrogen (secondary N) is 3. The zero-order valence-electron chi connectivity index (χ0n) is 16.0. The van der Waals surface area contributed by atoms with Crippen LogP contribution in [-0.2, 0) is 10.2 Å². The third-order valence-corrected chi connectivity index (χ3v) is 5.93. The molecule has 0 aliphatic rings. The number of aromatic nitrogens is 3. The van der Waals surface area contributed by atoms with Gasteiger partial charge in [-0.25, -0.2) is 9.12 Å². The second-order valence-corrected chi connectivity index (χ2v) is 8.75. The molecule has 0 aliphatic heterocycles. The maximum absolute atomic E-state index is 13.0. The van der Waals surface area contributed by atoms with Crippen molar-refractivity contribution in [3.63, 3.8) is 0 Å². The van der Waals surface area contributed by atoms with Crippen molar-refractivity contribution in [2.45, 2.75) is 0 Å². The van der Waals surface area contributed by atoms with Crippen LogP contribution in [0.4, 0.5) is 11.5 Å². The Bertz CT molecular complexity index is 1500. The van der Waals surface area contributed by atoms with Crippen molar-refractivity contribution in [3.8, 4) is 11.3 Å². The van der Waals surface area contributed by atoms with Crippen molar-refractivity contribution >= 4 is 56.6 Å². The maximum atomic E-state index is 13.0. The third-order valence-electron chi connectivity index (χ3n) is 4.36. The summed E-state index contributed by atoms with van der Waals surface area (Å²) in [6.07, 6.45) is 0. The standard InChI is InChI=1S/C19H14Cl2N6O4S/c20-11-8-6-10(7-9-11)14-15(21)27-18(29)13(16(22)24-19(27)23-14)17(28)26-32(30,31)25-12-4-2-1-3-5-12/h1-9,25H,22H2,(H,23,24)(H,26,28). The molecule has 5 N–H and O–H groups in total. The number of aromatic amines is 1. The molecule has 0 aliphatic carbocycles. The minimum absolute atomic E-state index is 0.0238. The van der Waals surface area contributed by atoms with Gasteiger partial charge >= 0.3 is 10.2 Å². The summed E-state index contributed by atoms with van der Waals surface area (Å²) in [5.41, 5.74) is 5.33. The molecule has 4 rings (SSSR count). The van der Waals surface area contributed by atoms with Gasteiger partial charge < -0.3 is 10.7 Å². The number of carbonyl (C=O) groups excluding carboxylic acids is 1. The van der Waals surface area contributed by atoms with Crippen molar-refractivity contribution in [1.82, 2.24) is 19.1 Å². The van der Waals surface area contributed by atoms with E-state index in [0.29, 0.717) is 16.3 Å². The van der Waals surface area contributed by atoms with Crippen LogP contribution >= 0.6 is 23.2 Å². The van der Waals surface area contributed by atoms with Crippen LogP contribution in [0.3, 0.4) is 0 Å². The van der Waals surface area contributed by atoms with Crippen molar-refractivity contribution < 1.29 is 13.2 Å². The van der Waals surface area contributed by atoms with Crippen LogP contribution in [0, 0.1) is 0 Å². The van der Waals surface area contributed by atoms with Crippen molar-refractivity contribution in [2.75, 3.05) is 10.5 Å². The van der Waals surface area contributed by atoms with Gasteiger partial charge in [0.05, 0.1) is 11.4 Å². The van der Waals surface area contributed by atoms with E-state index >= 15 is 0 Å². The summed E-state index contributed by atoms with van der Waals surface area (Å²) in [5.74, 6) is -1.75. The van der Waals surface area contributed by atoms with Crippen molar-refractivity contribution in [2.24, 2.45) is 0 Å². The number of nitrogens with two attached hydrogens (primary N) is 1. The number of fused-ring (bicyclic) bond motifs is 1. The number of anilines is 2. The number of rotatable bonds is 5. The van der Waals surface area contributed by atoms with Gasteiger partial charge in [0.15, 0.2) is 0 Å². The van der Waals surface area contributed by atoms with Crippen LogP contribution in [0.25, 0.3) is 17.0 Å². The van der Waals surface area contributed by atoms with Gasteiger partial charge in [-0.05, 0) is 24.3 Å². The summed E-state index contributed by atoms with van der Waals surface area (Å²) >= 11 is 12.3. The highest BCUT2D eigenvalue weighted by atomic mass is 35.5. The number of imidazole rings is 1. The number of nitrogen functional groups attached to an aromatic ring is 1. The largest absolute Gasteiger partial charge is 0.383 e. The average Bonchev–Trinajstić information content (AvgIpc) is 3.04. The first-order valence-corrected chi connectivity index (χ1v) is 11.2. The minimum Gasteiger partial charge on any atom is -0.383 e. The second kappa shape index (κ2) is 8.19. The molecule has 2 aromatic carbocycles. The van der Waals surface area contributed by atoms with Gasteiger partial charge in [0.1, 0.15) is 16.5 Å². The van der Waals surface area contributed by atoms with E-state index in [1.165, 1.54) is 12.1 Å². The van der Waals surface area contributed by atoms with Gasteiger partial charge in [0.25, 0.3) is 11.5 Å². The lowest BCUT2D eigenvalue weighted by atomic mass is 10.2. The molecular formula is C19H14Cl2N6O4S. The number of nitrogens with zero attached hydrogens (tertiary/aromatic N) is 2. The highest BCUT2D eigenvalue weighted by molar-refractivity contribution is 7.91. The first-order valence-electron chi connectivity index (χ1n) is 8.92. The van der Waals surface area contributed by atoms with Crippen LogP contribution in [0.5, 0.6) is 0 Å².